The van der Waals surface area contributed by atoms with E-state index in [0.717, 1.165) is 12.8 Å². The molecule has 0 saturated carbocycles. The maximum Gasteiger partial charge on any atom is 0.324 e. The van der Waals surface area contributed by atoms with Crippen LogP contribution in [0.4, 0.5) is 4.79 Å². The zero-order valence-corrected chi connectivity index (χ0v) is 11.4. The summed E-state index contributed by atoms with van der Waals surface area (Å²) in [4.78, 5) is 37.1. The summed E-state index contributed by atoms with van der Waals surface area (Å²) >= 11 is 0. The van der Waals surface area contributed by atoms with Crippen molar-refractivity contribution in [1.82, 2.24) is 15.1 Å². The molecular formula is C12H21N3O4. The highest BCUT2D eigenvalue weighted by molar-refractivity contribution is 5.95. The molecule has 108 valence electrons. The second-order valence-electron chi connectivity index (χ2n) is 4.93. The van der Waals surface area contributed by atoms with Gasteiger partial charge in [0.25, 0.3) is 0 Å². The fourth-order valence-electron chi connectivity index (χ4n) is 2.07. The Morgan fingerprint density at radius 1 is 1.21 bits per heavy atom. The van der Waals surface area contributed by atoms with Crippen LogP contribution in [0.15, 0.2) is 0 Å². The molecule has 0 atom stereocenters. The Hall–Kier alpha value is -1.63. The lowest BCUT2D eigenvalue weighted by Gasteiger charge is -2.34. The van der Waals surface area contributed by atoms with Gasteiger partial charge < -0.3 is 14.9 Å². The summed E-state index contributed by atoms with van der Waals surface area (Å²) in [6.45, 7) is 1.22. The number of imide groups is 1. The van der Waals surface area contributed by atoms with E-state index in [4.69, 9.17) is 5.11 Å². The molecule has 0 aliphatic carbocycles. The lowest BCUT2D eigenvalue weighted by Crippen LogP contribution is -2.49. The number of hydrogen-bond donors (Lipinski definition) is 2. The largest absolute Gasteiger partial charge is 0.481 e. The fourth-order valence-corrected chi connectivity index (χ4v) is 2.07. The summed E-state index contributed by atoms with van der Waals surface area (Å²) in [5.74, 6) is -1.59. The number of nitrogens with one attached hydrogen (secondary N) is 1. The zero-order valence-electron chi connectivity index (χ0n) is 11.4. The summed E-state index contributed by atoms with van der Waals surface area (Å²) < 4.78 is 0. The first-order valence-corrected chi connectivity index (χ1v) is 6.37. The van der Waals surface area contributed by atoms with Gasteiger partial charge in [-0.05, 0) is 26.9 Å². The van der Waals surface area contributed by atoms with Crippen molar-refractivity contribution in [3.05, 3.63) is 0 Å². The summed E-state index contributed by atoms with van der Waals surface area (Å²) in [6, 6.07) is 0.0411. The molecule has 0 aromatic carbocycles. The van der Waals surface area contributed by atoms with E-state index in [2.05, 4.69) is 10.2 Å². The standard InChI is InChI=1S/C12H21N3O4/c1-14(2)9-5-7-15(8-6-9)12(19)13-10(16)3-4-11(17)18/h9H,3-8H2,1-2H3,(H,17,18)(H,13,16,19). The van der Waals surface area contributed by atoms with Gasteiger partial charge in [0, 0.05) is 25.6 Å². The van der Waals surface area contributed by atoms with Crippen molar-refractivity contribution >= 4 is 17.9 Å². The van der Waals surface area contributed by atoms with E-state index in [1.807, 2.05) is 14.1 Å². The molecule has 19 heavy (non-hydrogen) atoms. The predicted octanol–water partition coefficient (Wildman–Crippen LogP) is 0.113. The van der Waals surface area contributed by atoms with Crippen LogP contribution in [0.5, 0.6) is 0 Å². The van der Waals surface area contributed by atoms with Crippen LogP contribution < -0.4 is 5.32 Å². The highest BCUT2D eigenvalue weighted by Gasteiger charge is 2.24. The normalized spacial score (nSPS) is 16.5. The molecule has 1 aliphatic rings. The summed E-state index contributed by atoms with van der Waals surface area (Å²) in [6.07, 6.45) is 1.32. The molecule has 0 radical (unpaired) electrons. The second kappa shape index (κ2) is 7.08. The minimum absolute atomic E-state index is 0.171. The highest BCUT2D eigenvalue weighted by Crippen LogP contribution is 2.13. The van der Waals surface area contributed by atoms with Gasteiger partial charge in [0.15, 0.2) is 0 Å². The molecule has 3 amide bonds. The van der Waals surface area contributed by atoms with Gasteiger partial charge in [-0.25, -0.2) is 4.79 Å². The molecule has 1 aliphatic heterocycles. The maximum absolute atomic E-state index is 11.8. The van der Waals surface area contributed by atoms with Crippen LogP contribution in [-0.4, -0.2) is 66.0 Å². The predicted molar refractivity (Wildman–Crippen MR) is 68.7 cm³/mol. The Balaban J connectivity index is 2.31. The van der Waals surface area contributed by atoms with Gasteiger partial charge in [-0.15, -0.1) is 0 Å². The minimum Gasteiger partial charge on any atom is -0.481 e. The molecule has 2 N–H and O–H groups in total. The Morgan fingerprint density at radius 2 is 1.79 bits per heavy atom. The molecule has 1 heterocycles. The molecule has 1 saturated heterocycles. The van der Waals surface area contributed by atoms with Crippen LogP contribution in [0.2, 0.25) is 0 Å². The van der Waals surface area contributed by atoms with Gasteiger partial charge >= 0.3 is 12.0 Å². The van der Waals surface area contributed by atoms with Crippen LogP contribution >= 0.6 is 0 Å². The molecule has 0 unspecified atom stereocenters. The SMILES string of the molecule is CN(C)C1CCN(C(=O)NC(=O)CCC(=O)O)CC1. The number of aliphatic carboxylic acids is 1. The number of hydrogen-bond acceptors (Lipinski definition) is 4. The van der Waals surface area contributed by atoms with Gasteiger partial charge in [0.2, 0.25) is 5.91 Å². The molecule has 7 heteroatoms. The third-order valence-corrected chi connectivity index (χ3v) is 3.29. The van der Waals surface area contributed by atoms with E-state index >= 15 is 0 Å². The summed E-state index contributed by atoms with van der Waals surface area (Å²) in [7, 11) is 4.02. The Morgan fingerprint density at radius 3 is 2.26 bits per heavy atom. The molecule has 7 nitrogen and oxygen atoms in total. The quantitative estimate of drug-likeness (QED) is 0.757. The van der Waals surface area contributed by atoms with Crippen molar-refractivity contribution in [1.29, 1.82) is 0 Å². The second-order valence-corrected chi connectivity index (χ2v) is 4.93. The van der Waals surface area contributed by atoms with E-state index in [0.29, 0.717) is 19.1 Å². The Kier molecular flexibility index (Phi) is 5.75. The van der Waals surface area contributed by atoms with Crippen molar-refractivity contribution < 1.29 is 19.5 Å². The monoisotopic (exact) mass is 271 g/mol. The number of carboxylic acid groups (broad SMARTS) is 1. The lowest BCUT2D eigenvalue weighted by atomic mass is 10.0. The number of rotatable bonds is 4. The number of urea groups is 1. The number of carbonyl (C=O) groups excluding carboxylic acids is 2. The average Bonchev–Trinajstić information content (AvgIpc) is 2.36. The molecule has 0 spiro atoms. The number of nitrogens with zero attached hydrogens (tertiary/aromatic N) is 2. The number of carbonyl (C=O) groups is 3. The van der Waals surface area contributed by atoms with Crippen molar-refractivity contribution in [2.24, 2.45) is 0 Å². The van der Waals surface area contributed by atoms with Crippen LogP contribution in [-0.2, 0) is 9.59 Å². The number of piperidine rings is 1. The van der Waals surface area contributed by atoms with E-state index in [9.17, 15) is 14.4 Å². The molecular weight excluding hydrogens is 250 g/mol. The maximum atomic E-state index is 11.8. The van der Waals surface area contributed by atoms with E-state index < -0.39 is 17.9 Å². The van der Waals surface area contributed by atoms with Gasteiger partial charge in [-0.2, -0.15) is 0 Å². The average molecular weight is 271 g/mol. The van der Waals surface area contributed by atoms with Crippen LogP contribution in [0.3, 0.4) is 0 Å². The minimum atomic E-state index is -1.05. The highest BCUT2D eigenvalue weighted by atomic mass is 16.4. The third kappa shape index (κ3) is 5.25. The number of carboxylic acids is 1. The number of amides is 3. The van der Waals surface area contributed by atoms with E-state index in [1.165, 1.54) is 0 Å². The zero-order chi connectivity index (χ0) is 14.4. The van der Waals surface area contributed by atoms with Crippen LogP contribution in [0, 0.1) is 0 Å². The topological polar surface area (TPSA) is 90.0 Å². The Bertz CT molecular complexity index is 349. The summed E-state index contributed by atoms with van der Waals surface area (Å²) in [5, 5.41) is 10.7. The van der Waals surface area contributed by atoms with Crippen molar-refractivity contribution in [2.75, 3.05) is 27.2 Å². The first-order chi connectivity index (χ1) is 8.90. The summed E-state index contributed by atoms with van der Waals surface area (Å²) in [5.41, 5.74) is 0. The smallest absolute Gasteiger partial charge is 0.324 e. The van der Waals surface area contributed by atoms with Gasteiger partial charge in [0.05, 0.1) is 6.42 Å². The first kappa shape index (κ1) is 15.4. The molecule has 0 bridgehead atoms. The van der Waals surface area contributed by atoms with Gasteiger partial charge in [-0.3, -0.25) is 14.9 Å². The van der Waals surface area contributed by atoms with Crippen molar-refractivity contribution in [3.63, 3.8) is 0 Å². The lowest BCUT2D eigenvalue weighted by molar-refractivity contribution is -0.138. The van der Waals surface area contributed by atoms with Gasteiger partial charge in [-0.1, -0.05) is 0 Å². The van der Waals surface area contributed by atoms with Crippen LogP contribution in [0.1, 0.15) is 25.7 Å². The molecule has 1 rings (SSSR count). The number of likely N-dealkylation sites (tertiary alicyclic amines) is 1. The molecule has 1 fully saturated rings. The van der Waals surface area contributed by atoms with Gasteiger partial charge in [0.1, 0.15) is 0 Å². The van der Waals surface area contributed by atoms with Crippen molar-refractivity contribution in [2.45, 2.75) is 31.7 Å². The molecule has 0 aromatic heterocycles. The van der Waals surface area contributed by atoms with E-state index in [1.54, 1.807) is 4.90 Å². The Labute approximate surface area is 112 Å². The first-order valence-electron chi connectivity index (χ1n) is 6.37. The van der Waals surface area contributed by atoms with Crippen LogP contribution in [0.25, 0.3) is 0 Å². The third-order valence-electron chi connectivity index (χ3n) is 3.29. The fraction of sp³-hybridized carbons (Fsp3) is 0.750. The molecule has 0 aromatic rings. The van der Waals surface area contributed by atoms with Crippen molar-refractivity contribution in [3.8, 4) is 0 Å². The van der Waals surface area contributed by atoms with E-state index in [-0.39, 0.29) is 12.8 Å².